The van der Waals surface area contributed by atoms with Gasteiger partial charge in [0, 0.05) is 5.56 Å². The van der Waals surface area contributed by atoms with Crippen LogP contribution in [0, 0.1) is 11.3 Å². The number of rotatable bonds is 6. The summed E-state index contributed by atoms with van der Waals surface area (Å²) < 4.78 is 5.25. The zero-order valence-corrected chi connectivity index (χ0v) is 17.3. The quantitative estimate of drug-likeness (QED) is 0.295. The molecule has 1 heterocycles. The molecule has 0 aliphatic carbocycles. The molecule has 3 aromatic rings. The van der Waals surface area contributed by atoms with Crippen molar-refractivity contribution in [2.24, 2.45) is 9.98 Å². The molecule has 7 heteroatoms. The maximum absolute atomic E-state index is 12.9. The second kappa shape index (κ2) is 10.2. The van der Waals surface area contributed by atoms with E-state index in [1.54, 1.807) is 19.1 Å². The Morgan fingerprint density at radius 3 is 2.37 bits per heavy atom. The van der Waals surface area contributed by atoms with Gasteiger partial charge in [0.25, 0.3) is 0 Å². The minimum Gasteiger partial charge on any atom is -0.462 e. The summed E-state index contributed by atoms with van der Waals surface area (Å²) in [4.78, 5) is 25.9. The first kappa shape index (κ1) is 21.0. The van der Waals surface area contributed by atoms with Crippen LogP contribution in [-0.2, 0) is 4.74 Å². The Morgan fingerprint density at radius 1 is 1.10 bits per heavy atom. The first-order chi connectivity index (χ1) is 14.7. The molecule has 0 saturated carbocycles. The molecule has 0 aliphatic rings. The average molecular weight is 414 g/mol. The highest BCUT2D eigenvalue weighted by Gasteiger charge is 2.26. The molecule has 6 nitrogen and oxygen atoms in total. The number of aromatic nitrogens is 1. The Kier molecular flexibility index (Phi) is 7.12. The third-order valence-electron chi connectivity index (χ3n) is 4.07. The molecule has 148 valence electrons. The molecule has 0 unspecified atom stereocenters. The van der Waals surface area contributed by atoms with Gasteiger partial charge in [-0.2, -0.15) is 15.2 Å². The third-order valence-corrected chi connectivity index (χ3v) is 4.75. The summed E-state index contributed by atoms with van der Waals surface area (Å²) in [6.07, 6.45) is 1.81. The van der Waals surface area contributed by atoms with E-state index in [9.17, 15) is 10.1 Å². The predicted octanol–water partition coefficient (Wildman–Crippen LogP) is 5.66. The summed E-state index contributed by atoms with van der Waals surface area (Å²) in [5, 5.41) is 10.2. The van der Waals surface area contributed by atoms with Crippen LogP contribution in [0.4, 0.5) is 11.4 Å². The molecule has 0 radical (unpaired) electrons. The number of carbonyl (C=O) groups excluding carboxylic acids is 1. The van der Waals surface area contributed by atoms with Crippen LogP contribution in [0.1, 0.15) is 22.8 Å². The van der Waals surface area contributed by atoms with Crippen LogP contribution < -0.4 is 0 Å². The lowest BCUT2D eigenvalue weighted by molar-refractivity contribution is 0.0527. The lowest BCUT2D eigenvalue weighted by Gasteiger charge is -2.14. The van der Waals surface area contributed by atoms with Gasteiger partial charge in [-0.1, -0.05) is 48.5 Å². The summed E-state index contributed by atoms with van der Waals surface area (Å²) in [5.74, 6) is -0.603. The van der Waals surface area contributed by atoms with Crippen molar-refractivity contribution in [2.45, 2.75) is 11.9 Å². The highest BCUT2D eigenvalue weighted by molar-refractivity contribution is 7.98. The first-order valence-corrected chi connectivity index (χ1v) is 10.4. The normalized spacial score (nSPS) is 9.90. The monoisotopic (exact) mass is 414 g/mol. The van der Waals surface area contributed by atoms with Crippen molar-refractivity contribution in [2.75, 3.05) is 12.9 Å². The predicted molar refractivity (Wildman–Crippen MR) is 118 cm³/mol. The Hall–Kier alpha value is -3.72. The third kappa shape index (κ3) is 4.64. The van der Waals surface area contributed by atoms with E-state index in [-0.39, 0.29) is 23.4 Å². The van der Waals surface area contributed by atoms with Crippen molar-refractivity contribution < 1.29 is 9.53 Å². The lowest BCUT2D eigenvalue weighted by atomic mass is 10.0. The number of nitrogens with zero attached hydrogens (tertiary/aromatic N) is 4. The zero-order chi connectivity index (χ0) is 21.3. The van der Waals surface area contributed by atoms with Crippen LogP contribution in [-0.4, -0.2) is 29.8 Å². The van der Waals surface area contributed by atoms with Gasteiger partial charge in [0.15, 0.2) is 0 Å². The number of nitriles is 1. The van der Waals surface area contributed by atoms with Crippen molar-refractivity contribution in [3.63, 3.8) is 0 Å². The van der Waals surface area contributed by atoms with Crippen molar-refractivity contribution in [3.8, 4) is 17.3 Å². The maximum Gasteiger partial charge on any atom is 0.342 e. The van der Waals surface area contributed by atoms with E-state index in [1.165, 1.54) is 11.8 Å². The van der Waals surface area contributed by atoms with Crippen LogP contribution in [0.2, 0.25) is 0 Å². The van der Waals surface area contributed by atoms with Gasteiger partial charge in [-0.3, -0.25) is 0 Å². The minimum atomic E-state index is -0.603. The van der Waals surface area contributed by atoms with Gasteiger partial charge in [0.2, 0.25) is 0 Å². The number of esters is 1. The molecule has 0 atom stereocenters. The van der Waals surface area contributed by atoms with Crippen molar-refractivity contribution in [1.82, 2.24) is 4.98 Å². The number of carbonyl (C=O) groups is 1. The van der Waals surface area contributed by atoms with Crippen LogP contribution >= 0.6 is 11.8 Å². The Labute approximate surface area is 179 Å². The van der Waals surface area contributed by atoms with E-state index < -0.39 is 5.97 Å². The molecule has 0 spiro atoms. The second-order valence-electron chi connectivity index (χ2n) is 5.93. The summed E-state index contributed by atoms with van der Waals surface area (Å²) in [7, 11) is 0. The van der Waals surface area contributed by atoms with E-state index in [1.807, 2.05) is 54.8 Å². The molecule has 0 N–H and O–H groups in total. The van der Waals surface area contributed by atoms with Crippen molar-refractivity contribution >= 4 is 35.1 Å². The minimum absolute atomic E-state index is 0.119. The summed E-state index contributed by atoms with van der Waals surface area (Å²) >= 11 is 1.30. The van der Waals surface area contributed by atoms with E-state index in [0.717, 1.165) is 5.56 Å². The molecule has 3 rings (SSSR count). The fourth-order valence-electron chi connectivity index (χ4n) is 2.75. The SMILES string of the molecule is CCOC(=O)c1c(-c2ccccc2)nc(SC)c(C#N)c1N=C=Nc1ccccc1. The van der Waals surface area contributed by atoms with Crippen molar-refractivity contribution in [3.05, 3.63) is 71.8 Å². The number of thioether (sulfide) groups is 1. The molecule has 0 bridgehead atoms. The molecule has 0 fully saturated rings. The van der Waals surface area contributed by atoms with Gasteiger partial charge in [-0.25, -0.2) is 9.78 Å². The number of benzene rings is 2. The summed E-state index contributed by atoms with van der Waals surface area (Å²) in [6.45, 7) is 1.90. The molecule has 30 heavy (non-hydrogen) atoms. The maximum atomic E-state index is 12.9. The van der Waals surface area contributed by atoms with Crippen LogP contribution in [0.15, 0.2) is 75.7 Å². The Bertz CT molecular complexity index is 1150. The smallest absolute Gasteiger partial charge is 0.342 e. The molecule has 0 saturated heterocycles. The molecule has 0 aliphatic heterocycles. The second-order valence-corrected chi connectivity index (χ2v) is 6.72. The summed E-state index contributed by atoms with van der Waals surface area (Å²) in [6, 6.07) is 23.1. The van der Waals surface area contributed by atoms with Crippen LogP contribution in [0.3, 0.4) is 0 Å². The largest absolute Gasteiger partial charge is 0.462 e. The average Bonchev–Trinajstić information content (AvgIpc) is 2.79. The fraction of sp³-hybridized carbons (Fsp3) is 0.130. The highest BCUT2D eigenvalue weighted by Crippen LogP contribution is 2.37. The first-order valence-electron chi connectivity index (χ1n) is 9.15. The van der Waals surface area contributed by atoms with E-state index in [2.05, 4.69) is 27.0 Å². The fourth-order valence-corrected chi connectivity index (χ4v) is 3.28. The van der Waals surface area contributed by atoms with Crippen LogP contribution in [0.5, 0.6) is 0 Å². The Morgan fingerprint density at radius 2 is 1.77 bits per heavy atom. The molecular formula is C23H18N4O2S. The van der Waals surface area contributed by atoms with Crippen molar-refractivity contribution in [1.29, 1.82) is 5.26 Å². The number of hydrogen-bond donors (Lipinski definition) is 0. The number of hydrogen-bond acceptors (Lipinski definition) is 7. The van der Waals surface area contributed by atoms with Gasteiger partial charge >= 0.3 is 5.97 Å². The van der Waals surface area contributed by atoms with Gasteiger partial charge in [-0.15, -0.1) is 11.8 Å². The number of para-hydroxylation sites is 1. The lowest BCUT2D eigenvalue weighted by Crippen LogP contribution is -2.10. The number of pyridine rings is 1. The molecule has 2 aromatic carbocycles. The van der Waals surface area contributed by atoms with E-state index in [4.69, 9.17) is 4.74 Å². The molecule has 1 aromatic heterocycles. The van der Waals surface area contributed by atoms with Gasteiger partial charge in [-0.05, 0) is 25.3 Å². The van der Waals surface area contributed by atoms with E-state index in [0.29, 0.717) is 16.4 Å². The van der Waals surface area contributed by atoms with Gasteiger partial charge in [0.05, 0.1) is 18.0 Å². The zero-order valence-electron chi connectivity index (χ0n) is 16.5. The van der Waals surface area contributed by atoms with E-state index >= 15 is 0 Å². The summed E-state index contributed by atoms with van der Waals surface area (Å²) in [5.41, 5.74) is 2.22. The number of aliphatic imine (C=N–C) groups is 2. The highest BCUT2D eigenvalue weighted by atomic mass is 32.2. The van der Waals surface area contributed by atoms with Gasteiger partial charge in [0.1, 0.15) is 33.9 Å². The Balaban J connectivity index is 2.30. The topological polar surface area (TPSA) is 87.7 Å². The number of ether oxygens (including phenoxy) is 1. The molecular weight excluding hydrogens is 396 g/mol. The van der Waals surface area contributed by atoms with Gasteiger partial charge < -0.3 is 4.74 Å². The molecule has 0 amide bonds. The van der Waals surface area contributed by atoms with Crippen LogP contribution in [0.25, 0.3) is 11.3 Å². The standard InChI is InChI=1S/C23H18N4O2S/c1-3-29-23(28)19-20(16-10-6-4-7-11-16)27-22(30-2)18(14-24)21(19)26-15-25-17-12-8-5-9-13-17/h4-13H,3H2,1-2H3.